The topological polar surface area (TPSA) is 88.0 Å². The van der Waals surface area contributed by atoms with Crippen LogP contribution in [0, 0.1) is 5.92 Å². The van der Waals surface area contributed by atoms with Gasteiger partial charge in [-0.25, -0.2) is 9.78 Å². The zero-order chi connectivity index (χ0) is 21.2. The molecule has 31 heavy (non-hydrogen) atoms. The lowest BCUT2D eigenvalue weighted by Crippen LogP contribution is -2.47. The summed E-state index contributed by atoms with van der Waals surface area (Å²) in [4.78, 5) is 29.3. The highest BCUT2D eigenvalue weighted by Gasteiger charge is 2.19. The van der Waals surface area contributed by atoms with Crippen LogP contribution in [-0.4, -0.2) is 34.7 Å². The van der Waals surface area contributed by atoms with Crippen LogP contribution in [0.1, 0.15) is 32.1 Å². The molecule has 8 heteroatoms. The number of pyridine rings is 1. The largest absolute Gasteiger partial charge is 0.334 e. The summed E-state index contributed by atoms with van der Waals surface area (Å²) in [7, 11) is 0. The summed E-state index contributed by atoms with van der Waals surface area (Å²) in [6.45, 7) is 2.61. The molecule has 0 unspecified atom stereocenters. The van der Waals surface area contributed by atoms with Crippen LogP contribution >= 0.6 is 11.3 Å². The lowest BCUT2D eigenvalue weighted by molar-refractivity contribution is 0.245. The maximum absolute atomic E-state index is 12.4. The molecule has 5 rings (SSSR count). The van der Waals surface area contributed by atoms with Crippen molar-refractivity contribution in [2.24, 2.45) is 5.92 Å². The molecule has 162 valence electrons. The van der Waals surface area contributed by atoms with E-state index in [-0.39, 0.29) is 17.6 Å². The molecule has 1 aliphatic heterocycles. The molecule has 3 N–H and O–H groups in total. The highest BCUT2D eigenvalue weighted by atomic mass is 32.1. The van der Waals surface area contributed by atoms with Gasteiger partial charge in [0, 0.05) is 36.1 Å². The Morgan fingerprint density at radius 2 is 2.10 bits per heavy atom. The number of benzene rings is 1. The Labute approximate surface area is 184 Å². The summed E-state index contributed by atoms with van der Waals surface area (Å²) in [5, 5.41) is 12.9. The molecular weight excluding hydrogens is 410 g/mol. The van der Waals surface area contributed by atoms with Crippen molar-refractivity contribution in [1.82, 2.24) is 20.2 Å². The van der Waals surface area contributed by atoms with Gasteiger partial charge in [0.2, 0.25) is 0 Å². The highest BCUT2D eigenvalue weighted by molar-refractivity contribution is 7.13. The quantitative estimate of drug-likeness (QED) is 0.567. The number of nitrogens with zero attached hydrogens (tertiary/aromatic N) is 2. The van der Waals surface area contributed by atoms with Gasteiger partial charge in [-0.3, -0.25) is 10.1 Å². The molecule has 2 amide bonds. The van der Waals surface area contributed by atoms with Crippen molar-refractivity contribution in [2.45, 2.75) is 44.7 Å². The van der Waals surface area contributed by atoms with Crippen molar-refractivity contribution in [3.63, 3.8) is 0 Å². The standard InChI is InChI=1S/C23H27N5O2S/c29-21-9-7-16-11-17(6-8-19(16)28(21)13-15-3-1-4-15)22-26-20(14-31-22)27-23(30)25-18-5-2-10-24-12-18/h6-9,11,14-15,18,24H,1-5,10,12-13H2,(H2,25,27,30)/t18-/m0/s1. The Hall–Kier alpha value is -2.71. The van der Waals surface area contributed by atoms with E-state index in [0.717, 1.165) is 53.9 Å². The highest BCUT2D eigenvalue weighted by Crippen LogP contribution is 2.31. The van der Waals surface area contributed by atoms with Crippen molar-refractivity contribution < 1.29 is 4.79 Å². The number of aromatic nitrogens is 2. The summed E-state index contributed by atoms with van der Waals surface area (Å²) >= 11 is 1.50. The summed E-state index contributed by atoms with van der Waals surface area (Å²) in [5.41, 5.74) is 2.02. The van der Waals surface area contributed by atoms with E-state index in [1.165, 1.54) is 30.6 Å². The van der Waals surface area contributed by atoms with Crippen LogP contribution in [0.15, 0.2) is 40.5 Å². The molecule has 1 atom stereocenters. The van der Waals surface area contributed by atoms with Crippen molar-refractivity contribution in [1.29, 1.82) is 0 Å². The molecule has 1 aliphatic carbocycles. The third kappa shape index (κ3) is 4.50. The third-order valence-corrected chi connectivity index (χ3v) is 7.17. The number of fused-ring (bicyclic) bond motifs is 1. The summed E-state index contributed by atoms with van der Waals surface area (Å²) in [5.74, 6) is 1.17. The van der Waals surface area contributed by atoms with Crippen LogP contribution < -0.4 is 21.5 Å². The molecule has 3 aromatic rings. The molecule has 0 radical (unpaired) electrons. The minimum Gasteiger partial charge on any atom is -0.334 e. The van der Waals surface area contributed by atoms with E-state index in [9.17, 15) is 9.59 Å². The Bertz CT molecular complexity index is 1140. The van der Waals surface area contributed by atoms with E-state index < -0.39 is 0 Å². The minimum absolute atomic E-state index is 0.0621. The van der Waals surface area contributed by atoms with Crippen LogP contribution in [0.2, 0.25) is 0 Å². The van der Waals surface area contributed by atoms with Crippen LogP contribution in [0.25, 0.3) is 21.5 Å². The fourth-order valence-electron chi connectivity index (χ4n) is 4.34. The Morgan fingerprint density at radius 3 is 2.87 bits per heavy atom. The van der Waals surface area contributed by atoms with Crippen LogP contribution in [0.3, 0.4) is 0 Å². The zero-order valence-corrected chi connectivity index (χ0v) is 18.2. The lowest BCUT2D eigenvalue weighted by Gasteiger charge is -2.26. The summed E-state index contributed by atoms with van der Waals surface area (Å²) in [6.07, 6.45) is 5.75. The predicted molar refractivity (Wildman–Crippen MR) is 125 cm³/mol. The molecule has 2 aliphatic rings. The number of nitrogens with one attached hydrogen (secondary N) is 3. The number of amides is 2. The molecule has 1 saturated carbocycles. The molecule has 1 saturated heterocycles. The summed E-state index contributed by atoms with van der Waals surface area (Å²) < 4.78 is 1.90. The first kappa shape index (κ1) is 20.2. The first-order valence-corrected chi connectivity index (χ1v) is 11.9. The second-order valence-corrected chi connectivity index (χ2v) is 9.39. The van der Waals surface area contributed by atoms with Crippen molar-refractivity contribution >= 4 is 34.1 Å². The molecule has 3 heterocycles. The zero-order valence-electron chi connectivity index (χ0n) is 17.4. The van der Waals surface area contributed by atoms with E-state index >= 15 is 0 Å². The van der Waals surface area contributed by atoms with Gasteiger partial charge >= 0.3 is 6.03 Å². The molecule has 0 spiro atoms. The molecular formula is C23H27N5O2S. The number of hydrogen-bond acceptors (Lipinski definition) is 5. The molecule has 7 nitrogen and oxygen atoms in total. The van der Waals surface area contributed by atoms with Crippen LogP contribution in [0.4, 0.5) is 10.6 Å². The fourth-order valence-corrected chi connectivity index (χ4v) is 5.08. The van der Waals surface area contributed by atoms with Gasteiger partial charge in [0.25, 0.3) is 5.56 Å². The van der Waals surface area contributed by atoms with E-state index in [2.05, 4.69) is 27.0 Å². The van der Waals surface area contributed by atoms with Crippen molar-refractivity contribution in [3.05, 3.63) is 46.1 Å². The molecule has 1 aromatic carbocycles. The number of carbonyl (C=O) groups is 1. The second-order valence-electron chi connectivity index (χ2n) is 8.53. The maximum Gasteiger partial charge on any atom is 0.320 e. The number of carbonyl (C=O) groups excluding carboxylic acids is 1. The average Bonchev–Trinajstić information content (AvgIpc) is 3.20. The van der Waals surface area contributed by atoms with Gasteiger partial charge < -0.3 is 15.2 Å². The number of urea groups is 1. The van der Waals surface area contributed by atoms with E-state index in [1.54, 1.807) is 6.07 Å². The summed E-state index contributed by atoms with van der Waals surface area (Å²) in [6, 6.07) is 9.58. The first-order chi connectivity index (χ1) is 15.2. The van der Waals surface area contributed by atoms with Gasteiger partial charge in [0.05, 0.1) is 5.52 Å². The van der Waals surface area contributed by atoms with Crippen molar-refractivity contribution in [2.75, 3.05) is 18.4 Å². The molecule has 2 fully saturated rings. The second kappa shape index (κ2) is 8.80. The van der Waals surface area contributed by atoms with Gasteiger partial charge in [-0.05, 0) is 67.8 Å². The molecule has 2 aromatic heterocycles. The Balaban J connectivity index is 1.31. The van der Waals surface area contributed by atoms with Crippen molar-refractivity contribution in [3.8, 4) is 10.6 Å². The smallest absolute Gasteiger partial charge is 0.320 e. The first-order valence-electron chi connectivity index (χ1n) is 11.0. The SMILES string of the molecule is O=C(Nc1csc(-c2ccc3c(ccc(=O)n3CC3CCC3)c2)n1)N[C@H]1CCCNC1. The predicted octanol–water partition coefficient (Wildman–Crippen LogP) is 3.80. The fraction of sp³-hybridized carbons (Fsp3) is 0.435. The normalized spacial score (nSPS) is 19.2. The lowest BCUT2D eigenvalue weighted by atomic mass is 9.85. The van der Waals surface area contributed by atoms with Crippen LogP contribution in [0.5, 0.6) is 0 Å². The van der Waals surface area contributed by atoms with E-state index in [0.29, 0.717) is 11.7 Å². The van der Waals surface area contributed by atoms with Gasteiger partial charge in [-0.2, -0.15) is 0 Å². The van der Waals surface area contributed by atoms with Gasteiger partial charge in [0.15, 0.2) is 0 Å². The van der Waals surface area contributed by atoms with Gasteiger partial charge in [-0.1, -0.05) is 6.42 Å². The van der Waals surface area contributed by atoms with Gasteiger partial charge in [0.1, 0.15) is 10.8 Å². The number of thiazole rings is 1. The van der Waals surface area contributed by atoms with E-state index in [4.69, 9.17) is 0 Å². The Kier molecular flexibility index (Phi) is 5.74. The minimum atomic E-state index is -0.218. The number of anilines is 1. The van der Waals surface area contributed by atoms with E-state index in [1.807, 2.05) is 28.1 Å². The number of hydrogen-bond donors (Lipinski definition) is 3. The Morgan fingerprint density at radius 1 is 1.19 bits per heavy atom. The van der Waals surface area contributed by atoms with Gasteiger partial charge in [-0.15, -0.1) is 11.3 Å². The molecule has 0 bridgehead atoms. The number of piperidine rings is 1. The number of rotatable bonds is 5. The third-order valence-electron chi connectivity index (χ3n) is 6.28. The maximum atomic E-state index is 12.4. The average molecular weight is 438 g/mol. The monoisotopic (exact) mass is 437 g/mol. The van der Waals surface area contributed by atoms with Crippen LogP contribution in [-0.2, 0) is 6.54 Å².